The molecule has 470 valence electrons. The van der Waals surface area contributed by atoms with Crippen LogP contribution in [0, 0.1) is 5.92 Å². The van der Waals surface area contributed by atoms with Crippen LogP contribution >= 0.6 is 0 Å². The zero-order valence-corrected chi connectivity index (χ0v) is 48.1. The largest absolute Gasteiger partial charge is 0.508 e. The van der Waals surface area contributed by atoms with Crippen molar-refractivity contribution in [2.24, 2.45) is 17.4 Å². The molecule has 0 aromatic heterocycles. The number of carboxylic acid groups (broad SMARTS) is 1. The number of phenolic OH excluding ortho intramolecular Hbond substituents is 1. The van der Waals surface area contributed by atoms with Crippen molar-refractivity contribution in [3.8, 4) is 5.75 Å². The molecule has 2 fully saturated rings. The zero-order chi connectivity index (χ0) is 63.4. The van der Waals surface area contributed by atoms with E-state index >= 15 is 0 Å². The van der Waals surface area contributed by atoms with Gasteiger partial charge in [0.1, 0.15) is 72.2 Å². The summed E-state index contributed by atoms with van der Waals surface area (Å²) in [6.45, 7) is 2.77. The lowest BCUT2D eigenvalue weighted by Gasteiger charge is -2.35. The average molecular weight is 1210 g/mol. The van der Waals surface area contributed by atoms with Gasteiger partial charge in [-0.05, 0) is 81.0 Å². The Morgan fingerprint density at radius 2 is 1.27 bits per heavy atom. The van der Waals surface area contributed by atoms with Crippen LogP contribution in [0.5, 0.6) is 5.75 Å². The number of carbonyl (C=O) groups excluding carboxylic acids is 11. The fourth-order valence-electron chi connectivity index (χ4n) is 10.1. The molecule has 29 heteroatoms. The van der Waals surface area contributed by atoms with E-state index in [-0.39, 0.29) is 44.5 Å². The molecular weight excluding hydrogens is 1120 g/mol. The van der Waals surface area contributed by atoms with Crippen LogP contribution in [0.2, 0.25) is 0 Å². The van der Waals surface area contributed by atoms with Gasteiger partial charge in [0.05, 0.1) is 19.3 Å². The van der Waals surface area contributed by atoms with E-state index in [1.807, 2.05) is 0 Å². The molecule has 11 amide bonds. The van der Waals surface area contributed by atoms with Crippen LogP contribution in [-0.4, -0.2) is 205 Å². The lowest BCUT2D eigenvalue weighted by molar-refractivity contribution is -0.149. The molecule has 2 aromatic carbocycles. The summed E-state index contributed by atoms with van der Waals surface area (Å²) in [4.78, 5) is 170. The van der Waals surface area contributed by atoms with E-state index in [9.17, 15) is 83.1 Å². The molecule has 0 saturated carbocycles. The number of hydrogen-bond acceptors (Lipinski definition) is 17. The molecule has 0 spiro atoms. The van der Waals surface area contributed by atoms with Crippen LogP contribution in [0.15, 0.2) is 66.7 Å². The second-order valence-corrected chi connectivity index (χ2v) is 21.7. The molecule has 3 heterocycles. The van der Waals surface area contributed by atoms with E-state index in [1.54, 1.807) is 44.2 Å². The molecule has 3 aliphatic rings. The summed E-state index contributed by atoms with van der Waals surface area (Å²) in [7, 11) is 0. The van der Waals surface area contributed by atoms with Gasteiger partial charge < -0.3 is 89.3 Å². The number of aliphatic carboxylic acids is 1. The van der Waals surface area contributed by atoms with E-state index in [0.29, 0.717) is 30.4 Å². The van der Waals surface area contributed by atoms with Gasteiger partial charge >= 0.3 is 5.97 Å². The molecule has 0 bridgehead atoms. The minimum absolute atomic E-state index is 0.0479. The van der Waals surface area contributed by atoms with Crippen LogP contribution in [0.1, 0.15) is 89.7 Å². The minimum Gasteiger partial charge on any atom is -0.508 e. The number of nitrogens with one attached hydrogen (secondary N) is 8. The summed E-state index contributed by atoms with van der Waals surface area (Å²) in [5.41, 5.74) is 12.1. The molecule has 86 heavy (non-hydrogen) atoms. The molecule has 29 nitrogen and oxygen atoms in total. The number of nitrogens with two attached hydrogens (primary N) is 2. The second kappa shape index (κ2) is 32.7. The SMILES string of the molecule is CC[C@H](C)[C@@H]1NC(=O)[C@H](CO)NC(=O)[C@H](Cc2ccccc2)NC(=O)[C@H]([C@@H](C)O)NC(=O)[C@H](NC(=O)[C@H](N)CO)C/C=C\C[C@H](C(=O)N[C@@H](Cc2ccc(O)cc2)C(=O)O)NC(=O)[C@H](CCC(N)=O)NC(=O)[C@@H]2CCCN2C(=O)[C@@H]2CCCN2C1=O. The Hall–Kier alpha value is -8.54. The van der Waals surface area contributed by atoms with Gasteiger partial charge in [0.25, 0.3) is 0 Å². The smallest absolute Gasteiger partial charge is 0.326 e. The van der Waals surface area contributed by atoms with Crippen molar-refractivity contribution in [2.45, 2.75) is 164 Å². The van der Waals surface area contributed by atoms with Crippen LogP contribution in [0.25, 0.3) is 0 Å². The van der Waals surface area contributed by atoms with Crippen molar-refractivity contribution in [3.63, 3.8) is 0 Å². The predicted molar refractivity (Wildman–Crippen MR) is 305 cm³/mol. The summed E-state index contributed by atoms with van der Waals surface area (Å²) in [6.07, 6.45) is -0.455. The molecule has 3 aliphatic heterocycles. The highest BCUT2D eigenvalue weighted by Gasteiger charge is 2.45. The van der Waals surface area contributed by atoms with Crippen molar-refractivity contribution in [2.75, 3.05) is 26.3 Å². The summed E-state index contributed by atoms with van der Waals surface area (Å²) in [6, 6.07) is -3.45. The monoisotopic (exact) mass is 1200 g/mol. The number of aromatic hydroxyl groups is 1. The van der Waals surface area contributed by atoms with Crippen LogP contribution in [-0.2, 0) is 70.4 Å². The van der Waals surface area contributed by atoms with Crippen LogP contribution in [0.4, 0.5) is 0 Å². The fraction of sp³-hybridized carbons (Fsp3) is 0.544. The Balaban J connectivity index is 1.59. The molecular formula is C57H80N12O17. The molecule has 2 saturated heterocycles. The number of amides is 11. The third-order valence-corrected chi connectivity index (χ3v) is 15.2. The number of carbonyl (C=O) groups is 12. The summed E-state index contributed by atoms with van der Waals surface area (Å²) >= 11 is 0. The predicted octanol–water partition coefficient (Wildman–Crippen LogP) is -4.52. The molecule has 5 rings (SSSR count). The molecule has 0 unspecified atom stereocenters. The number of aliphatic hydroxyl groups excluding tert-OH is 3. The quantitative estimate of drug-likeness (QED) is 0.0664. The minimum atomic E-state index is -1.88. The Morgan fingerprint density at radius 3 is 1.87 bits per heavy atom. The number of nitrogens with zero attached hydrogens (tertiary/aromatic N) is 2. The van der Waals surface area contributed by atoms with Crippen molar-refractivity contribution in [1.82, 2.24) is 52.3 Å². The maximum absolute atomic E-state index is 14.7. The van der Waals surface area contributed by atoms with Gasteiger partial charge in [0.15, 0.2) is 0 Å². The fourth-order valence-corrected chi connectivity index (χ4v) is 10.1. The number of fused-ring (bicyclic) bond motifs is 2. The third-order valence-electron chi connectivity index (χ3n) is 15.2. The van der Waals surface area contributed by atoms with E-state index in [2.05, 4.69) is 42.5 Å². The first-order valence-corrected chi connectivity index (χ1v) is 28.5. The molecule has 13 atom stereocenters. The van der Waals surface area contributed by atoms with Crippen molar-refractivity contribution in [1.29, 1.82) is 0 Å². The molecule has 2 aromatic rings. The lowest BCUT2D eigenvalue weighted by Crippen LogP contribution is -2.62. The van der Waals surface area contributed by atoms with Crippen molar-refractivity contribution >= 4 is 70.9 Å². The lowest BCUT2D eigenvalue weighted by atomic mass is 9.96. The number of primary amides is 1. The maximum Gasteiger partial charge on any atom is 0.326 e. The summed E-state index contributed by atoms with van der Waals surface area (Å²) in [5, 5.41) is 71.0. The highest BCUT2D eigenvalue weighted by atomic mass is 16.4. The topological polar surface area (TPSA) is 461 Å². The Labute approximate surface area is 496 Å². The Bertz CT molecular complexity index is 2790. The zero-order valence-electron chi connectivity index (χ0n) is 48.1. The Kier molecular flexibility index (Phi) is 25.9. The van der Waals surface area contributed by atoms with E-state index in [1.165, 1.54) is 46.2 Å². The van der Waals surface area contributed by atoms with Crippen molar-refractivity contribution < 1.29 is 83.1 Å². The van der Waals surface area contributed by atoms with E-state index in [0.717, 1.165) is 6.92 Å². The van der Waals surface area contributed by atoms with Gasteiger partial charge in [-0.2, -0.15) is 0 Å². The highest BCUT2D eigenvalue weighted by molar-refractivity contribution is 5.99. The summed E-state index contributed by atoms with van der Waals surface area (Å²) < 4.78 is 0. The standard InChI is InChI=1S/C57H80N12O17/c1-4-30(2)45-56(84)69-25-11-17-43(69)55(83)68-24-10-16-42(68)53(81)62-38(22-23-44(59)74)49(77)61-36(48(76)64-40(57(85)86)27-33-18-20-34(73)21-19-33)14-8-9-15-37(60-47(75)35(58)28-70)50(78)67-46(31(3)72)54(82)63-39(26-32-12-6-5-7-13-32)51(79)65-41(29-71)52(80)66-45/h5-9,12-13,18-21,30-31,35-43,45-46,70-73H,4,10-11,14-17,22-29,58H2,1-3H3,(H2,59,74)(H,60,75)(H,61,77)(H,62,81)(H,63,82)(H,64,76)(H,65,79)(H,66,80)(H,67,78)(H,85,86)/b9-8-/t30-,31+,35+,36+,37+,38-,39-,40-,41-,42-,43-,45-,46-/m0/s1. The third kappa shape index (κ3) is 19.2. The van der Waals surface area contributed by atoms with Crippen LogP contribution < -0.4 is 54.0 Å². The molecule has 0 aliphatic carbocycles. The van der Waals surface area contributed by atoms with Gasteiger partial charge in [-0.15, -0.1) is 0 Å². The van der Waals surface area contributed by atoms with E-state index in [4.69, 9.17) is 11.5 Å². The average Bonchev–Trinajstić information content (AvgIpc) is 2.58. The molecule has 17 N–H and O–H groups in total. The first kappa shape index (κ1) is 68.2. The number of aliphatic hydroxyl groups is 3. The van der Waals surface area contributed by atoms with Gasteiger partial charge in [-0.1, -0.05) is 74.9 Å². The number of benzene rings is 2. The molecule has 0 radical (unpaired) electrons. The number of rotatable bonds is 17. The number of phenols is 1. The van der Waals surface area contributed by atoms with Gasteiger partial charge in [0, 0.05) is 32.4 Å². The highest BCUT2D eigenvalue weighted by Crippen LogP contribution is 2.27. The summed E-state index contributed by atoms with van der Waals surface area (Å²) in [5.74, 6) is -12.8. The first-order chi connectivity index (χ1) is 40.9. The normalized spacial score (nSPS) is 26.2. The van der Waals surface area contributed by atoms with Gasteiger partial charge in [-0.3, -0.25) is 52.7 Å². The maximum atomic E-state index is 14.7. The number of carboxylic acids is 1. The van der Waals surface area contributed by atoms with Crippen LogP contribution in [0.3, 0.4) is 0 Å². The number of hydrogen-bond donors (Lipinski definition) is 15. The Morgan fingerprint density at radius 1 is 0.686 bits per heavy atom. The second-order valence-electron chi connectivity index (χ2n) is 21.7. The van der Waals surface area contributed by atoms with Gasteiger partial charge in [-0.25, -0.2) is 4.79 Å². The van der Waals surface area contributed by atoms with E-state index < -0.39 is 188 Å². The first-order valence-electron chi connectivity index (χ1n) is 28.5. The van der Waals surface area contributed by atoms with Gasteiger partial charge in [0.2, 0.25) is 65.0 Å². The van der Waals surface area contributed by atoms with Crippen molar-refractivity contribution in [3.05, 3.63) is 77.9 Å².